The summed E-state index contributed by atoms with van der Waals surface area (Å²) in [5.74, 6) is -6.75. The van der Waals surface area contributed by atoms with E-state index in [2.05, 4.69) is 5.32 Å². The minimum Gasteiger partial charge on any atom is -0.357 e. The maximum Gasteiger partial charge on any atom is 0.349 e. The molecule has 7 nitrogen and oxygen atoms in total. The van der Waals surface area contributed by atoms with E-state index in [1.165, 1.54) is 25.0 Å². The second kappa shape index (κ2) is 9.08. The molecule has 1 N–H and O–H groups in total. The van der Waals surface area contributed by atoms with Crippen LogP contribution in [0.3, 0.4) is 0 Å². The van der Waals surface area contributed by atoms with Crippen LogP contribution in [0, 0.1) is 0 Å². The third kappa shape index (κ3) is 4.39. The van der Waals surface area contributed by atoms with Gasteiger partial charge < -0.3 is 15.0 Å². The number of carbonyl (C=O) groups excluding carboxylic acids is 4. The molecule has 1 unspecified atom stereocenters. The van der Waals surface area contributed by atoms with Crippen LogP contribution in [0.1, 0.15) is 33.5 Å². The zero-order valence-corrected chi connectivity index (χ0v) is 22.0. The Morgan fingerprint density at radius 3 is 2.30 bits per heavy atom. The summed E-state index contributed by atoms with van der Waals surface area (Å²) < 4.78 is 29.7. The number of piperidine rings is 1. The number of nitrogens with one attached hydrogen (secondary N) is 1. The van der Waals surface area contributed by atoms with E-state index in [0.29, 0.717) is 16.7 Å². The van der Waals surface area contributed by atoms with E-state index in [4.69, 9.17) is 11.6 Å². The number of hydrogen-bond donors (Lipinski definition) is 1. The Labute approximate surface area is 222 Å². The maximum absolute atomic E-state index is 14.9. The number of alkyl halides is 2. The molecule has 0 bridgehead atoms. The van der Waals surface area contributed by atoms with Gasteiger partial charge in [-0.05, 0) is 35.1 Å². The second-order valence-electron chi connectivity index (χ2n) is 10.4. The molecule has 0 aliphatic carbocycles. The lowest BCUT2D eigenvalue weighted by molar-refractivity contribution is -0.148. The second-order valence-corrected chi connectivity index (χ2v) is 10.9. The van der Waals surface area contributed by atoms with Crippen LogP contribution in [0.5, 0.6) is 0 Å². The van der Waals surface area contributed by atoms with Crippen LogP contribution in [-0.4, -0.2) is 78.1 Å². The predicted octanol–water partition coefficient (Wildman–Crippen LogP) is -2.36. The van der Waals surface area contributed by atoms with Gasteiger partial charge in [0.05, 0.1) is 5.44 Å². The zero-order valence-electron chi connectivity index (χ0n) is 21.2. The molecule has 15 heteroatoms. The highest BCUT2D eigenvalue weighted by Crippen LogP contribution is 2.40. The molecule has 1 fully saturated rings. The van der Waals surface area contributed by atoms with Crippen molar-refractivity contribution in [1.29, 1.82) is 0 Å². The first-order valence-corrected chi connectivity index (χ1v) is 12.2. The molecule has 1 saturated heterocycles. The summed E-state index contributed by atoms with van der Waals surface area (Å²) in [5.41, 5.74) is -0.193. The van der Waals surface area contributed by atoms with E-state index >= 15 is 0 Å². The SMILES string of the molecule is BC1CC(=O)N(B)C(=O)[C@@]1(B)N1Cc2cc(C(B)(B)NC(=O)C(F)(F)c3ccc(Cl)cc3)ccc2C1=O. The number of hydrogen-bond acceptors (Lipinski definition) is 4. The summed E-state index contributed by atoms with van der Waals surface area (Å²) in [5, 5.41) is 1.49. The van der Waals surface area contributed by atoms with E-state index in [1.807, 2.05) is 0 Å². The number of amides is 4. The molecule has 0 aromatic heterocycles. The molecule has 37 heavy (non-hydrogen) atoms. The standard InChI is InChI=1S/C22H23B5ClF2N3O4/c23-15-8-16(34)33(27)19(37)20(15,24)32-9-10-7-12(3-6-14(10)17(32)35)22(25,26)31-18(36)21(29,30)11-1-4-13(28)5-2-11/h1-7,15H,8-9,23-27H2,(H,31,36)/t15?,20-/m0/s1. The average Bonchev–Trinajstić information content (AvgIpc) is 3.17. The van der Waals surface area contributed by atoms with E-state index in [-0.39, 0.29) is 29.8 Å². The molecule has 0 saturated carbocycles. The van der Waals surface area contributed by atoms with Crippen LogP contribution in [0.4, 0.5) is 8.78 Å². The van der Waals surface area contributed by atoms with Gasteiger partial charge in [-0.25, -0.2) is 0 Å². The molecule has 186 valence electrons. The Morgan fingerprint density at radius 1 is 1.08 bits per heavy atom. The minimum absolute atomic E-state index is 0.113. The summed E-state index contributed by atoms with van der Waals surface area (Å²) in [7, 11) is 8.02. The Hall–Kier alpha value is -3.01. The molecule has 2 aliphatic heterocycles. The number of nitrogens with zero attached hydrogens (tertiary/aromatic N) is 2. The average molecular weight is 521 g/mol. The van der Waals surface area contributed by atoms with Crippen LogP contribution in [0.15, 0.2) is 42.5 Å². The van der Waals surface area contributed by atoms with E-state index in [9.17, 15) is 28.0 Å². The van der Waals surface area contributed by atoms with Crippen molar-refractivity contribution in [2.24, 2.45) is 0 Å². The Morgan fingerprint density at radius 2 is 1.68 bits per heavy atom. The number of imide groups is 1. The summed E-state index contributed by atoms with van der Waals surface area (Å²) in [4.78, 5) is 53.7. The first-order chi connectivity index (χ1) is 17.1. The fourth-order valence-corrected chi connectivity index (χ4v) is 5.08. The van der Waals surface area contributed by atoms with Crippen molar-refractivity contribution in [2.45, 2.75) is 35.5 Å². The van der Waals surface area contributed by atoms with Crippen molar-refractivity contribution >= 4 is 74.6 Å². The smallest absolute Gasteiger partial charge is 0.349 e. The topological polar surface area (TPSA) is 86.8 Å². The van der Waals surface area contributed by atoms with Gasteiger partial charge in [0.15, 0.2) is 0 Å². The summed E-state index contributed by atoms with van der Waals surface area (Å²) in [6.07, 6.45) is 0.130. The van der Waals surface area contributed by atoms with Crippen LogP contribution in [-0.2, 0) is 32.2 Å². The first-order valence-electron chi connectivity index (χ1n) is 11.8. The maximum atomic E-state index is 14.9. The van der Waals surface area contributed by atoms with Gasteiger partial charge in [0.1, 0.15) is 31.4 Å². The van der Waals surface area contributed by atoms with Crippen molar-refractivity contribution < 1.29 is 28.0 Å². The molecule has 2 aromatic carbocycles. The highest BCUT2D eigenvalue weighted by atomic mass is 35.5. The number of halogens is 3. The number of rotatable bonds is 5. The van der Waals surface area contributed by atoms with Crippen molar-refractivity contribution in [3.8, 4) is 0 Å². The van der Waals surface area contributed by atoms with E-state index in [1.54, 1.807) is 49.6 Å². The van der Waals surface area contributed by atoms with Crippen LogP contribution >= 0.6 is 11.6 Å². The van der Waals surface area contributed by atoms with Gasteiger partial charge in [-0.1, -0.05) is 35.9 Å². The van der Waals surface area contributed by atoms with E-state index < -0.39 is 39.9 Å². The number of carbonyl (C=O) groups is 4. The molecule has 4 rings (SSSR count). The molecule has 0 radical (unpaired) electrons. The Bertz CT molecular complexity index is 1330. The first kappa shape index (κ1) is 27.0. The Kier molecular flexibility index (Phi) is 6.63. The van der Waals surface area contributed by atoms with Crippen molar-refractivity contribution in [2.75, 3.05) is 0 Å². The summed E-state index contributed by atoms with van der Waals surface area (Å²) in [6.45, 7) is 0.113. The Balaban J connectivity index is 1.59. The number of fused-ring (bicyclic) bond motifs is 1. The third-order valence-electron chi connectivity index (χ3n) is 7.66. The van der Waals surface area contributed by atoms with Crippen LogP contribution in [0.25, 0.3) is 0 Å². The van der Waals surface area contributed by atoms with Gasteiger partial charge in [0, 0.05) is 34.5 Å². The van der Waals surface area contributed by atoms with Gasteiger partial charge in [0.2, 0.25) is 19.8 Å². The third-order valence-corrected chi connectivity index (χ3v) is 7.91. The summed E-state index contributed by atoms with van der Waals surface area (Å²) >= 11 is 5.77. The monoisotopic (exact) mass is 521 g/mol. The molecule has 0 spiro atoms. The molecular formula is C22H23B5ClF2N3O4. The van der Waals surface area contributed by atoms with Crippen molar-refractivity contribution in [3.63, 3.8) is 0 Å². The highest BCUT2D eigenvalue weighted by molar-refractivity contribution is 6.43. The van der Waals surface area contributed by atoms with Crippen molar-refractivity contribution in [3.05, 3.63) is 69.7 Å². The molecule has 2 aliphatic rings. The number of benzene rings is 2. The zero-order chi connectivity index (χ0) is 27.5. The lowest BCUT2D eigenvalue weighted by Crippen LogP contribution is -2.66. The van der Waals surface area contributed by atoms with Gasteiger partial charge in [-0.3, -0.25) is 19.2 Å². The summed E-state index contributed by atoms with van der Waals surface area (Å²) in [6, 6.07) is 9.65. The van der Waals surface area contributed by atoms with Gasteiger partial charge in [-0.15, -0.1) is 0 Å². The fraction of sp³-hybridized carbons (Fsp3) is 0.273. The highest BCUT2D eigenvalue weighted by Gasteiger charge is 2.53. The van der Waals surface area contributed by atoms with Gasteiger partial charge >= 0.3 is 5.92 Å². The molecular weight excluding hydrogens is 498 g/mol. The lowest BCUT2D eigenvalue weighted by atomic mass is 9.55. The largest absolute Gasteiger partial charge is 0.357 e. The molecule has 2 atom stereocenters. The minimum atomic E-state index is -3.79. The normalized spacial score (nSPS) is 22.2. The molecule has 4 amide bonds. The fourth-order valence-electron chi connectivity index (χ4n) is 4.95. The molecule has 2 heterocycles. The quantitative estimate of drug-likeness (QED) is 0.353. The van der Waals surface area contributed by atoms with Crippen LogP contribution < -0.4 is 5.32 Å². The predicted molar refractivity (Wildman–Crippen MR) is 147 cm³/mol. The van der Waals surface area contributed by atoms with Gasteiger partial charge in [-0.2, -0.15) is 8.78 Å². The van der Waals surface area contributed by atoms with Gasteiger partial charge in [0.25, 0.3) is 11.8 Å². The van der Waals surface area contributed by atoms with Crippen LogP contribution in [0.2, 0.25) is 10.8 Å². The molecule has 2 aromatic rings. The van der Waals surface area contributed by atoms with E-state index in [0.717, 1.165) is 16.9 Å². The lowest BCUT2D eigenvalue weighted by Gasteiger charge is -2.47. The van der Waals surface area contributed by atoms with Crippen molar-refractivity contribution in [1.82, 2.24) is 15.0 Å².